The summed E-state index contributed by atoms with van der Waals surface area (Å²) in [6, 6.07) is -0.396. The van der Waals surface area contributed by atoms with Crippen molar-refractivity contribution in [3.05, 3.63) is 10.6 Å². The molecular formula is C18H28N4O2S. The zero-order valence-corrected chi connectivity index (χ0v) is 16.4. The van der Waals surface area contributed by atoms with Crippen LogP contribution in [0.4, 0.5) is 0 Å². The number of likely N-dealkylation sites (tertiary alicyclic amines) is 1. The predicted molar refractivity (Wildman–Crippen MR) is 97.4 cm³/mol. The predicted octanol–water partition coefficient (Wildman–Crippen LogP) is 2.78. The molecule has 1 aliphatic carbocycles. The number of aryl methyl sites for hydroxylation is 1. The molecule has 3 rings (SSSR count). The van der Waals surface area contributed by atoms with Gasteiger partial charge in [0.2, 0.25) is 5.91 Å². The average Bonchev–Trinajstić information content (AvgIpc) is 2.97. The van der Waals surface area contributed by atoms with Gasteiger partial charge in [0, 0.05) is 12.1 Å². The van der Waals surface area contributed by atoms with Crippen molar-refractivity contribution in [2.45, 2.75) is 71.4 Å². The zero-order chi connectivity index (χ0) is 18.2. The summed E-state index contributed by atoms with van der Waals surface area (Å²) in [5.74, 6) is 0.928. The number of piperidine rings is 1. The largest absolute Gasteiger partial charge is 0.350 e. The van der Waals surface area contributed by atoms with Gasteiger partial charge in [0.15, 0.2) is 0 Å². The Balaban J connectivity index is 1.86. The second kappa shape index (κ2) is 7.02. The number of rotatable bonds is 2. The minimum absolute atomic E-state index is 0.0417. The lowest BCUT2D eigenvalue weighted by molar-refractivity contribution is -0.130. The molecule has 2 fully saturated rings. The Morgan fingerprint density at radius 1 is 1.20 bits per heavy atom. The number of nitrogens with one attached hydrogen (secondary N) is 1. The van der Waals surface area contributed by atoms with E-state index in [9.17, 15) is 9.59 Å². The highest BCUT2D eigenvalue weighted by Crippen LogP contribution is 2.39. The van der Waals surface area contributed by atoms with E-state index in [1.54, 1.807) is 11.8 Å². The summed E-state index contributed by atoms with van der Waals surface area (Å²) >= 11 is 1.12. The van der Waals surface area contributed by atoms with Gasteiger partial charge in [-0.25, -0.2) is 0 Å². The zero-order valence-electron chi connectivity index (χ0n) is 15.5. The molecule has 2 aliphatic rings. The van der Waals surface area contributed by atoms with Crippen molar-refractivity contribution in [1.82, 2.24) is 19.8 Å². The van der Waals surface area contributed by atoms with E-state index in [1.807, 2.05) is 20.8 Å². The molecular weight excluding hydrogens is 336 g/mol. The van der Waals surface area contributed by atoms with Crippen LogP contribution in [0, 0.1) is 18.8 Å². The highest BCUT2D eigenvalue weighted by Gasteiger charge is 2.43. The summed E-state index contributed by atoms with van der Waals surface area (Å²) < 4.78 is 3.89. The van der Waals surface area contributed by atoms with Crippen LogP contribution < -0.4 is 5.32 Å². The van der Waals surface area contributed by atoms with Crippen LogP contribution in [0.2, 0.25) is 0 Å². The molecule has 2 amide bonds. The third kappa shape index (κ3) is 4.02. The van der Waals surface area contributed by atoms with Crippen LogP contribution >= 0.6 is 11.5 Å². The Bertz CT molecular complexity index is 652. The normalized spacial score (nSPS) is 26.9. The average molecular weight is 365 g/mol. The fourth-order valence-electron chi connectivity index (χ4n) is 4.11. The van der Waals surface area contributed by atoms with Crippen molar-refractivity contribution in [2.75, 3.05) is 6.54 Å². The van der Waals surface area contributed by atoms with Crippen molar-refractivity contribution >= 4 is 23.3 Å². The summed E-state index contributed by atoms with van der Waals surface area (Å²) in [5.41, 5.74) is 0.340. The first-order valence-electron chi connectivity index (χ1n) is 9.18. The monoisotopic (exact) mass is 364 g/mol. The van der Waals surface area contributed by atoms with Gasteiger partial charge in [-0.05, 0) is 63.9 Å². The maximum atomic E-state index is 13.1. The van der Waals surface area contributed by atoms with E-state index in [2.05, 4.69) is 14.9 Å². The topological polar surface area (TPSA) is 75.2 Å². The van der Waals surface area contributed by atoms with E-state index >= 15 is 0 Å². The first-order valence-corrected chi connectivity index (χ1v) is 9.95. The Kier molecular flexibility index (Phi) is 5.14. The van der Waals surface area contributed by atoms with Gasteiger partial charge in [-0.1, -0.05) is 23.8 Å². The molecule has 7 heteroatoms. The highest BCUT2D eigenvalue weighted by atomic mass is 32.1. The molecule has 0 bridgehead atoms. The number of hydrogen-bond donors (Lipinski definition) is 1. The van der Waals surface area contributed by atoms with Crippen LogP contribution in [0.25, 0.3) is 0 Å². The quantitative estimate of drug-likeness (QED) is 0.875. The molecule has 1 saturated carbocycles. The molecule has 1 saturated heterocycles. The summed E-state index contributed by atoms with van der Waals surface area (Å²) in [6.45, 7) is 8.39. The van der Waals surface area contributed by atoms with E-state index in [0.717, 1.165) is 24.4 Å². The van der Waals surface area contributed by atoms with Gasteiger partial charge in [-0.3, -0.25) is 9.59 Å². The molecule has 138 valence electrons. The van der Waals surface area contributed by atoms with Crippen molar-refractivity contribution in [2.24, 2.45) is 11.8 Å². The summed E-state index contributed by atoms with van der Waals surface area (Å²) in [6.07, 6.45) is 5.56. The molecule has 1 aliphatic heterocycles. The minimum Gasteiger partial charge on any atom is -0.350 e. The third-order valence-electron chi connectivity index (χ3n) is 5.31. The van der Waals surface area contributed by atoms with Crippen molar-refractivity contribution in [3.8, 4) is 0 Å². The number of nitrogens with zero attached hydrogens (tertiary/aromatic N) is 3. The van der Waals surface area contributed by atoms with Gasteiger partial charge in [-0.2, -0.15) is 0 Å². The minimum atomic E-state index is -0.396. The molecule has 3 unspecified atom stereocenters. The number of fused-ring (bicyclic) bond motifs is 1. The van der Waals surface area contributed by atoms with E-state index in [1.165, 1.54) is 19.3 Å². The highest BCUT2D eigenvalue weighted by molar-refractivity contribution is 7.08. The maximum absolute atomic E-state index is 13.1. The molecule has 1 aromatic rings. The van der Waals surface area contributed by atoms with Crippen LogP contribution in [0.5, 0.6) is 0 Å². The van der Waals surface area contributed by atoms with Gasteiger partial charge >= 0.3 is 0 Å². The summed E-state index contributed by atoms with van der Waals surface area (Å²) in [4.78, 5) is 28.4. The molecule has 6 nitrogen and oxygen atoms in total. The van der Waals surface area contributed by atoms with E-state index in [-0.39, 0.29) is 17.4 Å². The van der Waals surface area contributed by atoms with Crippen molar-refractivity contribution in [1.29, 1.82) is 0 Å². The lowest BCUT2D eigenvalue weighted by Gasteiger charge is -2.45. The standard InChI is InChI=1S/C18H28N4O2S/c1-11-15(25-21-20-11)17(24)22-10-13-8-6-5-7-12(13)9-14(22)16(23)19-18(2,3)4/h12-14H,5-10H2,1-4H3,(H,19,23). The smallest absolute Gasteiger partial charge is 0.268 e. The molecule has 1 aromatic heterocycles. The molecule has 1 N–H and O–H groups in total. The van der Waals surface area contributed by atoms with Crippen LogP contribution in [0.3, 0.4) is 0 Å². The first-order chi connectivity index (χ1) is 11.8. The first kappa shape index (κ1) is 18.3. The van der Waals surface area contributed by atoms with Gasteiger partial charge in [0.1, 0.15) is 10.9 Å². The van der Waals surface area contributed by atoms with Crippen LogP contribution in [0.15, 0.2) is 0 Å². The number of aromatic nitrogens is 2. The lowest BCUT2D eigenvalue weighted by Crippen LogP contribution is -2.59. The Morgan fingerprint density at radius 2 is 1.88 bits per heavy atom. The van der Waals surface area contributed by atoms with Crippen LogP contribution in [0.1, 0.15) is 68.2 Å². The van der Waals surface area contributed by atoms with Gasteiger partial charge < -0.3 is 10.2 Å². The molecule has 3 atom stereocenters. The number of carbonyl (C=O) groups excluding carboxylic acids is 2. The SMILES string of the molecule is Cc1nnsc1C(=O)N1CC2CCCCC2CC1C(=O)NC(C)(C)C. The van der Waals surface area contributed by atoms with E-state index in [0.29, 0.717) is 29.0 Å². The third-order valence-corrected chi connectivity index (χ3v) is 6.12. The maximum Gasteiger partial charge on any atom is 0.268 e. The summed E-state index contributed by atoms with van der Waals surface area (Å²) in [7, 11) is 0. The van der Waals surface area contributed by atoms with Gasteiger partial charge in [-0.15, -0.1) is 5.10 Å². The van der Waals surface area contributed by atoms with Gasteiger partial charge in [0.05, 0.1) is 5.69 Å². The molecule has 0 radical (unpaired) electrons. The molecule has 2 heterocycles. The fraction of sp³-hybridized carbons (Fsp3) is 0.778. The van der Waals surface area contributed by atoms with Crippen molar-refractivity contribution in [3.63, 3.8) is 0 Å². The van der Waals surface area contributed by atoms with E-state index < -0.39 is 6.04 Å². The number of amides is 2. The molecule has 0 spiro atoms. The van der Waals surface area contributed by atoms with Gasteiger partial charge in [0.25, 0.3) is 5.91 Å². The molecule has 25 heavy (non-hydrogen) atoms. The lowest BCUT2D eigenvalue weighted by atomic mass is 9.72. The number of hydrogen-bond acceptors (Lipinski definition) is 5. The molecule has 0 aromatic carbocycles. The van der Waals surface area contributed by atoms with E-state index in [4.69, 9.17) is 0 Å². The Hall–Kier alpha value is -1.50. The van der Waals surface area contributed by atoms with Crippen LogP contribution in [-0.4, -0.2) is 44.4 Å². The Labute approximate surface area is 153 Å². The number of carbonyl (C=O) groups is 2. The Morgan fingerprint density at radius 3 is 2.48 bits per heavy atom. The summed E-state index contributed by atoms with van der Waals surface area (Å²) in [5, 5.41) is 7.03. The van der Waals surface area contributed by atoms with Crippen molar-refractivity contribution < 1.29 is 9.59 Å². The second-order valence-electron chi connectivity index (χ2n) is 8.44. The second-order valence-corrected chi connectivity index (χ2v) is 9.19. The fourth-order valence-corrected chi connectivity index (χ4v) is 4.73. The van der Waals surface area contributed by atoms with Crippen LogP contribution in [-0.2, 0) is 4.79 Å².